The van der Waals surface area contributed by atoms with Crippen LogP contribution in [-0.4, -0.2) is 16.9 Å². The summed E-state index contributed by atoms with van der Waals surface area (Å²) in [5, 5.41) is 4.05. The molecule has 0 fully saturated rings. The van der Waals surface area contributed by atoms with Crippen LogP contribution in [0.15, 0.2) is 22.8 Å². The number of halogens is 2. The molecule has 17 heavy (non-hydrogen) atoms. The fourth-order valence-corrected chi connectivity index (χ4v) is 2.11. The normalized spacial score (nSPS) is 10.6. The summed E-state index contributed by atoms with van der Waals surface area (Å²) in [6, 6.07) is 2.97. The monoisotopic (exact) mass is 299 g/mol. The number of ether oxygens (including phenoxy) is 1. The first kappa shape index (κ1) is 11.9. The molecule has 0 unspecified atom stereocenters. The number of aromatic nitrogens is 2. The SMILES string of the molecule is COc1c(-c2cnn(C)c2N)ccc(F)c1Br. The largest absolute Gasteiger partial charge is 0.495 e. The highest BCUT2D eigenvalue weighted by atomic mass is 79.9. The van der Waals surface area contributed by atoms with Crippen molar-refractivity contribution in [1.82, 2.24) is 9.78 Å². The molecule has 2 rings (SSSR count). The van der Waals surface area contributed by atoms with E-state index in [9.17, 15) is 4.39 Å². The zero-order valence-corrected chi connectivity index (χ0v) is 11.0. The molecule has 0 amide bonds. The van der Waals surface area contributed by atoms with Gasteiger partial charge in [-0.2, -0.15) is 5.10 Å². The summed E-state index contributed by atoms with van der Waals surface area (Å²) >= 11 is 3.15. The molecule has 90 valence electrons. The van der Waals surface area contributed by atoms with Crippen LogP contribution in [0.5, 0.6) is 5.75 Å². The van der Waals surface area contributed by atoms with Crippen LogP contribution < -0.4 is 10.5 Å². The van der Waals surface area contributed by atoms with Crippen LogP contribution in [0.4, 0.5) is 10.2 Å². The number of nitrogens with two attached hydrogens (primary N) is 1. The number of benzene rings is 1. The van der Waals surface area contributed by atoms with E-state index in [1.807, 2.05) is 0 Å². The lowest BCUT2D eigenvalue weighted by Crippen LogP contribution is -1.99. The van der Waals surface area contributed by atoms with Crippen LogP contribution >= 0.6 is 15.9 Å². The Hall–Kier alpha value is -1.56. The molecule has 2 N–H and O–H groups in total. The van der Waals surface area contributed by atoms with Crippen LogP contribution in [0.1, 0.15) is 0 Å². The van der Waals surface area contributed by atoms with Crippen molar-refractivity contribution in [1.29, 1.82) is 0 Å². The summed E-state index contributed by atoms with van der Waals surface area (Å²) in [4.78, 5) is 0. The van der Waals surface area contributed by atoms with Crippen molar-refractivity contribution in [2.75, 3.05) is 12.8 Å². The third kappa shape index (κ3) is 1.88. The molecule has 4 nitrogen and oxygen atoms in total. The van der Waals surface area contributed by atoms with E-state index in [-0.39, 0.29) is 10.3 Å². The average Bonchev–Trinajstić information content (AvgIpc) is 2.64. The number of rotatable bonds is 2. The van der Waals surface area contributed by atoms with E-state index >= 15 is 0 Å². The number of nitrogen functional groups attached to an aromatic ring is 1. The van der Waals surface area contributed by atoms with Crippen LogP contribution in [0.3, 0.4) is 0 Å². The highest BCUT2D eigenvalue weighted by Crippen LogP contribution is 2.39. The maximum atomic E-state index is 13.4. The quantitative estimate of drug-likeness (QED) is 0.927. The molecule has 0 aliphatic heterocycles. The van der Waals surface area contributed by atoms with E-state index in [2.05, 4.69) is 21.0 Å². The molecule has 0 radical (unpaired) electrons. The minimum absolute atomic E-state index is 0.278. The van der Waals surface area contributed by atoms with E-state index in [1.165, 1.54) is 13.2 Å². The smallest absolute Gasteiger partial charge is 0.144 e. The predicted octanol–water partition coefficient (Wildman–Crippen LogP) is 2.58. The van der Waals surface area contributed by atoms with Gasteiger partial charge in [-0.15, -0.1) is 0 Å². The van der Waals surface area contributed by atoms with Gasteiger partial charge in [-0.3, -0.25) is 4.68 Å². The van der Waals surface area contributed by atoms with Crippen LogP contribution in [0.25, 0.3) is 11.1 Å². The van der Waals surface area contributed by atoms with Crippen LogP contribution in [0.2, 0.25) is 0 Å². The lowest BCUT2D eigenvalue weighted by molar-refractivity contribution is 0.409. The zero-order valence-electron chi connectivity index (χ0n) is 9.37. The van der Waals surface area contributed by atoms with Gasteiger partial charge in [0.05, 0.1) is 17.8 Å². The molecular formula is C11H11BrFN3O. The van der Waals surface area contributed by atoms with E-state index < -0.39 is 0 Å². The highest BCUT2D eigenvalue weighted by molar-refractivity contribution is 9.10. The Kier molecular flexibility index (Phi) is 3.06. The van der Waals surface area contributed by atoms with Crippen LogP contribution in [0, 0.1) is 5.82 Å². The average molecular weight is 300 g/mol. The summed E-state index contributed by atoms with van der Waals surface area (Å²) in [7, 11) is 3.22. The first-order chi connectivity index (χ1) is 8.06. The predicted molar refractivity (Wildman–Crippen MR) is 67.3 cm³/mol. The number of methoxy groups -OCH3 is 1. The van der Waals surface area contributed by atoms with Crippen molar-refractivity contribution >= 4 is 21.7 Å². The van der Waals surface area contributed by atoms with Crippen molar-refractivity contribution in [2.24, 2.45) is 7.05 Å². The molecule has 0 aliphatic carbocycles. The van der Waals surface area contributed by atoms with Crippen molar-refractivity contribution in [3.8, 4) is 16.9 Å². The third-order valence-electron chi connectivity index (χ3n) is 2.53. The maximum absolute atomic E-state index is 13.4. The van der Waals surface area contributed by atoms with Gasteiger partial charge in [0.1, 0.15) is 17.4 Å². The van der Waals surface area contributed by atoms with Crippen molar-refractivity contribution in [2.45, 2.75) is 0 Å². The Morgan fingerprint density at radius 2 is 2.12 bits per heavy atom. The standard InChI is InChI=1S/C11H11BrFN3O/c1-16-11(14)7(5-15-16)6-3-4-8(13)9(12)10(6)17-2/h3-5H,14H2,1-2H3. The second-order valence-electron chi connectivity index (χ2n) is 3.51. The van der Waals surface area contributed by atoms with E-state index in [1.54, 1.807) is 24.0 Å². The van der Waals surface area contributed by atoms with Gasteiger partial charge in [-0.1, -0.05) is 0 Å². The van der Waals surface area contributed by atoms with Gasteiger partial charge in [0.2, 0.25) is 0 Å². The Morgan fingerprint density at radius 3 is 2.65 bits per heavy atom. The number of aryl methyl sites for hydroxylation is 1. The molecule has 1 heterocycles. The molecule has 2 aromatic rings. The van der Waals surface area contributed by atoms with Gasteiger partial charge in [-0.25, -0.2) is 4.39 Å². The minimum Gasteiger partial charge on any atom is -0.495 e. The molecular weight excluding hydrogens is 289 g/mol. The number of hydrogen-bond acceptors (Lipinski definition) is 3. The van der Waals surface area contributed by atoms with Gasteiger partial charge in [0.25, 0.3) is 0 Å². The van der Waals surface area contributed by atoms with E-state index in [4.69, 9.17) is 10.5 Å². The summed E-state index contributed by atoms with van der Waals surface area (Å²) in [6.45, 7) is 0. The number of anilines is 1. The lowest BCUT2D eigenvalue weighted by Gasteiger charge is -2.10. The van der Waals surface area contributed by atoms with Gasteiger partial charge in [0, 0.05) is 18.2 Å². The topological polar surface area (TPSA) is 53.1 Å². The van der Waals surface area contributed by atoms with E-state index in [0.717, 1.165) is 0 Å². The van der Waals surface area contributed by atoms with Crippen molar-refractivity contribution < 1.29 is 9.13 Å². The fourth-order valence-electron chi connectivity index (χ4n) is 1.60. The summed E-state index contributed by atoms with van der Waals surface area (Å²) in [5.41, 5.74) is 7.30. The van der Waals surface area contributed by atoms with Gasteiger partial charge in [0.15, 0.2) is 0 Å². The first-order valence-electron chi connectivity index (χ1n) is 4.86. The number of nitrogens with zero attached hydrogens (tertiary/aromatic N) is 2. The molecule has 0 aliphatic rings. The molecule has 0 spiro atoms. The first-order valence-corrected chi connectivity index (χ1v) is 5.65. The Morgan fingerprint density at radius 1 is 1.41 bits per heavy atom. The number of hydrogen-bond donors (Lipinski definition) is 1. The molecule has 6 heteroatoms. The molecule has 0 bridgehead atoms. The van der Waals surface area contributed by atoms with Gasteiger partial charge in [-0.05, 0) is 28.1 Å². The Labute approximate surface area is 106 Å². The van der Waals surface area contributed by atoms with Crippen molar-refractivity contribution in [3.05, 3.63) is 28.6 Å². The van der Waals surface area contributed by atoms with Crippen LogP contribution in [-0.2, 0) is 7.05 Å². The molecule has 1 aromatic carbocycles. The molecule has 0 saturated carbocycles. The maximum Gasteiger partial charge on any atom is 0.144 e. The second kappa shape index (κ2) is 4.37. The highest BCUT2D eigenvalue weighted by Gasteiger charge is 2.17. The summed E-state index contributed by atoms with van der Waals surface area (Å²) < 4.78 is 20.4. The third-order valence-corrected chi connectivity index (χ3v) is 3.27. The lowest BCUT2D eigenvalue weighted by atomic mass is 10.1. The van der Waals surface area contributed by atoms with Crippen molar-refractivity contribution in [3.63, 3.8) is 0 Å². The molecule has 1 aromatic heterocycles. The second-order valence-corrected chi connectivity index (χ2v) is 4.30. The van der Waals surface area contributed by atoms with E-state index in [0.29, 0.717) is 22.7 Å². The summed E-state index contributed by atoms with van der Waals surface area (Å²) in [6.07, 6.45) is 1.62. The molecule has 0 atom stereocenters. The fraction of sp³-hybridized carbons (Fsp3) is 0.182. The summed E-state index contributed by atoms with van der Waals surface area (Å²) in [5.74, 6) is 0.527. The minimum atomic E-state index is -0.381. The van der Waals surface area contributed by atoms with Gasteiger partial charge < -0.3 is 10.5 Å². The molecule has 0 saturated heterocycles. The zero-order chi connectivity index (χ0) is 12.6. The Balaban J connectivity index is 2.68. The van der Waals surface area contributed by atoms with Gasteiger partial charge >= 0.3 is 0 Å². The Bertz CT molecular complexity index is 568.